The summed E-state index contributed by atoms with van der Waals surface area (Å²) in [7, 11) is 0. The van der Waals surface area contributed by atoms with E-state index in [2.05, 4.69) is 13.8 Å². The maximum absolute atomic E-state index is 12.0. The fraction of sp³-hybridized carbons (Fsp3) is 0.933. The monoisotopic (exact) mass is 256 g/mol. The van der Waals surface area contributed by atoms with Gasteiger partial charge in [0.1, 0.15) is 0 Å². The predicted molar refractivity (Wildman–Crippen MR) is 75.0 cm³/mol. The SMILES string of the molecule is CCCCCN(CCCCC)C(=O)CCC(C)[O]. The smallest absolute Gasteiger partial charge is 0.222 e. The molecule has 3 nitrogen and oxygen atoms in total. The first-order valence-corrected chi connectivity index (χ1v) is 7.55. The van der Waals surface area contributed by atoms with Gasteiger partial charge in [-0.15, -0.1) is 0 Å². The third-order valence-electron chi connectivity index (χ3n) is 3.18. The minimum atomic E-state index is -0.623. The molecule has 0 aromatic heterocycles. The van der Waals surface area contributed by atoms with Gasteiger partial charge in [0.15, 0.2) is 0 Å². The van der Waals surface area contributed by atoms with Gasteiger partial charge < -0.3 is 4.90 Å². The van der Waals surface area contributed by atoms with Gasteiger partial charge in [0, 0.05) is 19.5 Å². The third-order valence-corrected chi connectivity index (χ3v) is 3.18. The molecule has 0 aromatic carbocycles. The Morgan fingerprint density at radius 3 is 1.89 bits per heavy atom. The zero-order chi connectivity index (χ0) is 13.8. The van der Waals surface area contributed by atoms with Crippen LogP contribution in [0.15, 0.2) is 0 Å². The van der Waals surface area contributed by atoms with Crippen LogP contribution in [0.4, 0.5) is 0 Å². The number of carbonyl (C=O) groups is 1. The fourth-order valence-electron chi connectivity index (χ4n) is 1.95. The summed E-state index contributed by atoms with van der Waals surface area (Å²) in [6.07, 6.45) is 7.14. The summed E-state index contributed by atoms with van der Waals surface area (Å²) in [5, 5.41) is 11.0. The van der Waals surface area contributed by atoms with Crippen molar-refractivity contribution in [2.45, 2.75) is 78.2 Å². The Labute approximate surface area is 113 Å². The molecule has 0 fully saturated rings. The quantitative estimate of drug-likeness (QED) is 0.518. The van der Waals surface area contributed by atoms with E-state index in [4.69, 9.17) is 0 Å². The maximum Gasteiger partial charge on any atom is 0.222 e. The predicted octanol–water partition coefficient (Wildman–Crippen LogP) is 3.79. The van der Waals surface area contributed by atoms with Crippen molar-refractivity contribution in [3.8, 4) is 0 Å². The number of amides is 1. The Kier molecular flexibility index (Phi) is 11.2. The topological polar surface area (TPSA) is 40.2 Å². The lowest BCUT2D eigenvalue weighted by Gasteiger charge is -2.23. The van der Waals surface area contributed by atoms with E-state index in [1.807, 2.05) is 4.90 Å². The average Bonchev–Trinajstić information content (AvgIpc) is 2.34. The largest absolute Gasteiger partial charge is 0.343 e. The molecule has 18 heavy (non-hydrogen) atoms. The minimum Gasteiger partial charge on any atom is -0.343 e. The molecule has 0 spiro atoms. The molecule has 3 heteroatoms. The van der Waals surface area contributed by atoms with Gasteiger partial charge in [-0.05, 0) is 26.2 Å². The molecule has 1 atom stereocenters. The Balaban J connectivity index is 4.03. The molecule has 0 saturated carbocycles. The maximum atomic E-state index is 12.0. The van der Waals surface area contributed by atoms with Crippen molar-refractivity contribution in [2.75, 3.05) is 13.1 Å². The number of carbonyl (C=O) groups excluding carboxylic acids is 1. The van der Waals surface area contributed by atoms with Crippen molar-refractivity contribution in [2.24, 2.45) is 0 Å². The van der Waals surface area contributed by atoms with E-state index in [9.17, 15) is 9.90 Å². The van der Waals surface area contributed by atoms with Crippen LogP contribution in [0, 0.1) is 0 Å². The summed E-state index contributed by atoms with van der Waals surface area (Å²) in [5.74, 6) is 0.171. The van der Waals surface area contributed by atoms with E-state index in [0.717, 1.165) is 25.9 Å². The lowest BCUT2D eigenvalue weighted by Crippen LogP contribution is -2.33. The number of nitrogens with zero attached hydrogens (tertiary/aromatic N) is 1. The van der Waals surface area contributed by atoms with Crippen LogP contribution in [0.25, 0.3) is 0 Å². The van der Waals surface area contributed by atoms with E-state index >= 15 is 0 Å². The first-order valence-electron chi connectivity index (χ1n) is 7.55. The van der Waals surface area contributed by atoms with Crippen molar-refractivity contribution in [1.82, 2.24) is 4.90 Å². The van der Waals surface area contributed by atoms with Crippen molar-refractivity contribution in [3.05, 3.63) is 0 Å². The Morgan fingerprint density at radius 2 is 1.50 bits per heavy atom. The normalized spacial score (nSPS) is 12.4. The van der Waals surface area contributed by atoms with Crippen LogP contribution in [0.3, 0.4) is 0 Å². The molecule has 0 saturated heterocycles. The molecule has 0 heterocycles. The van der Waals surface area contributed by atoms with Crippen LogP contribution >= 0.6 is 0 Å². The summed E-state index contributed by atoms with van der Waals surface area (Å²) in [4.78, 5) is 14.0. The van der Waals surface area contributed by atoms with Gasteiger partial charge in [0.05, 0.1) is 6.10 Å². The second kappa shape index (κ2) is 11.5. The van der Waals surface area contributed by atoms with Gasteiger partial charge in [-0.1, -0.05) is 39.5 Å². The van der Waals surface area contributed by atoms with E-state index < -0.39 is 6.10 Å². The zero-order valence-electron chi connectivity index (χ0n) is 12.4. The molecule has 107 valence electrons. The van der Waals surface area contributed by atoms with Crippen molar-refractivity contribution < 1.29 is 9.90 Å². The van der Waals surface area contributed by atoms with Gasteiger partial charge in [0.2, 0.25) is 5.91 Å². The van der Waals surface area contributed by atoms with Crippen molar-refractivity contribution >= 4 is 5.91 Å². The Morgan fingerprint density at radius 1 is 1.00 bits per heavy atom. The second-order valence-electron chi connectivity index (χ2n) is 5.14. The molecule has 0 aliphatic carbocycles. The Hall–Kier alpha value is -0.570. The second-order valence-corrected chi connectivity index (χ2v) is 5.14. The molecule has 1 unspecified atom stereocenters. The summed E-state index contributed by atoms with van der Waals surface area (Å²) in [6, 6.07) is 0. The molecule has 0 aliphatic rings. The molecular formula is C15H30NO2. The molecule has 0 rings (SSSR count). The van der Waals surface area contributed by atoms with Crippen LogP contribution in [0.1, 0.15) is 72.1 Å². The van der Waals surface area contributed by atoms with Crippen LogP contribution in [0.5, 0.6) is 0 Å². The van der Waals surface area contributed by atoms with Gasteiger partial charge in [-0.25, -0.2) is 5.11 Å². The summed E-state index contributed by atoms with van der Waals surface area (Å²) >= 11 is 0. The lowest BCUT2D eigenvalue weighted by atomic mass is 10.1. The molecule has 0 N–H and O–H groups in total. The highest BCUT2D eigenvalue weighted by Crippen LogP contribution is 2.07. The van der Waals surface area contributed by atoms with E-state index in [-0.39, 0.29) is 5.91 Å². The number of hydrogen-bond donors (Lipinski definition) is 0. The van der Waals surface area contributed by atoms with Gasteiger partial charge in [-0.2, -0.15) is 0 Å². The Bertz CT molecular complexity index is 195. The molecule has 0 aliphatic heterocycles. The number of hydrogen-bond acceptors (Lipinski definition) is 1. The molecule has 1 radical (unpaired) electrons. The summed E-state index contributed by atoms with van der Waals surface area (Å²) < 4.78 is 0. The van der Waals surface area contributed by atoms with E-state index in [1.165, 1.54) is 25.7 Å². The molecular weight excluding hydrogens is 226 g/mol. The average molecular weight is 256 g/mol. The lowest BCUT2D eigenvalue weighted by molar-refractivity contribution is -0.132. The molecule has 1 amide bonds. The third kappa shape index (κ3) is 9.46. The van der Waals surface area contributed by atoms with Crippen LogP contribution in [0.2, 0.25) is 0 Å². The first kappa shape index (κ1) is 17.4. The summed E-state index contributed by atoms with van der Waals surface area (Å²) in [5.41, 5.74) is 0. The van der Waals surface area contributed by atoms with Gasteiger partial charge in [-0.3, -0.25) is 4.79 Å². The van der Waals surface area contributed by atoms with Crippen LogP contribution in [-0.2, 0) is 9.90 Å². The fourth-order valence-corrected chi connectivity index (χ4v) is 1.95. The van der Waals surface area contributed by atoms with Gasteiger partial charge in [0.25, 0.3) is 0 Å². The molecule has 0 aromatic rings. The summed E-state index contributed by atoms with van der Waals surface area (Å²) in [6.45, 7) is 7.70. The van der Waals surface area contributed by atoms with Crippen molar-refractivity contribution in [1.29, 1.82) is 0 Å². The highest BCUT2D eigenvalue weighted by molar-refractivity contribution is 5.76. The number of rotatable bonds is 11. The van der Waals surface area contributed by atoms with Crippen molar-refractivity contribution in [3.63, 3.8) is 0 Å². The van der Waals surface area contributed by atoms with E-state index in [1.54, 1.807) is 6.92 Å². The van der Waals surface area contributed by atoms with Crippen LogP contribution < -0.4 is 0 Å². The highest BCUT2D eigenvalue weighted by Gasteiger charge is 2.13. The number of unbranched alkanes of at least 4 members (excludes halogenated alkanes) is 4. The first-order chi connectivity index (χ1) is 8.61. The highest BCUT2D eigenvalue weighted by atomic mass is 16.3. The van der Waals surface area contributed by atoms with Crippen LogP contribution in [-0.4, -0.2) is 30.0 Å². The molecule has 0 bridgehead atoms. The zero-order valence-corrected chi connectivity index (χ0v) is 12.4. The van der Waals surface area contributed by atoms with E-state index in [0.29, 0.717) is 12.8 Å². The standard InChI is InChI=1S/C15H30NO2/c1-4-6-8-12-16(13-9-7-5-2)15(18)11-10-14(3)17/h14H,4-13H2,1-3H3. The van der Waals surface area contributed by atoms with Gasteiger partial charge >= 0.3 is 0 Å². The minimum absolute atomic E-state index is 0.171.